The van der Waals surface area contributed by atoms with Crippen LogP contribution in [0, 0.1) is 18.6 Å². The molecule has 4 aromatic heterocycles. The SMILES string of the molecule is C=S(=O)(c1ccc(Nc2nccc(-c3cnc(C)n3C(C)C)n2)cc1)C(C)C.CC(C)N1CCC(NC(=O)c2[nH]ncc2NC(=O)c2c(Cl)cccc2Cl)CC1.CC(C)OC1CCC(NC(=O)c2[nH]ncc2NC(=O)c2c(F)cccc2F)CC1. The highest BCUT2D eigenvalue weighted by Crippen LogP contribution is 2.29. The van der Waals surface area contributed by atoms with Gasteiger partial charge >= 0.3 is 0 Å². The van der Waals surface area contributed by atoms with E-state index < -0.39 is 44.4 Å². The summed E-state index contributed by atoms with van der Waals surface area (Å²) >= 11 is 12.2. The van der Waals surface area contributed by atoms with Crippen LogP contribution in [0.5, 0.6) is 0 Å². The van der Waals surface area contributed by atoms with Gasteiger partial charge in [-0.15, -0.1) is 0 Å². The Morgan fingerprint density at radius 2 is 1.21 bits per heavy atom. The number of nitrogens with one attached hydrogen (secondary N) is 7. The van der Waals surface area contributed by atoms with Crippen LogP contribution in [0.25, 0.3) is 11.4 Å². The fourth-order valence-electron chi connectivity index (χ4n) is 9.74. The fraction of sp³-hybridized carbons (Fsp3) is 0.400. The van der Waals surface area contributed by atoms with E-state index in [1.165, 1.54) is 18.5 Å². The summed E-state index contributed by atoms with van der Waals surface area (Å²) < 4.78 is 48.2. The molecule has 0 radical (unpaired) electrons. The fourth-order valence-corrected chi connectivity index (χ4v) is 11.4. The molecule has 2 aliphatic rings. The topological polar surface area (TPSA) is 259 Å². The lowest BCUT2D eigenvalue weighted by Crippen LogP contribution is -2.46. The van der Waals surface area contributed by atoms with Crippen molar-refractivity contribution < 1.29 is 36.9 Å². The van der Waals surface area contributed by atoms with Crippen LogP contribution in [0.15, 0.2) is 96.4 Å². The van der Waals surface area contributed by atoms with Gasteiger partial charge in [0, 0.05) is 59.3 Å². The highest BCUT2D eigenvalue weighted by molar-refractivity contribution is 8.00. The Hall–Kier alpha value is -7.57. The van der Waals surface area contributed by atoms with E-state index in [1.807, 2.05) is 71.1 Å². The summed E-state index contributed by atoms with van der Waals surface area (Å²) in [6.07, 6.45) is 11.6. The van der Waals surface area contributed by atoms with E-state index >= 15 is 0 Å². The van der Waals surface area contributed by atoms with Gasteiger partial charge in [-0.2, -0.15) is 10.2 Å². The maximum absolute atomic E-state index is 13.8. The van der Waals surface area contributed by atoms with Crippen LogP contribution in [0.3, 0.4) is 0 Å². The Morgan fingerprint density at radius 1 is 0.682 bits per heavy atom. The van der Waals surface area contributed by atoms with Gasteiger partial charge in [0.15, 0.2) is 0 Å². The number of carbonyl (C=O) groups is 4. The lowest BCUT2D eigenvalue weighted by atomic mass is 9.92. The molecular weight excluding hydrogens is 1150 g/mol. The minimum Gasteiger partial charge on any atom is -0.376 e. The number of nitrogens with zero attached hydrogens (tertiary/aromatic N) is 7. The summed E-state index contributed by atoms with van der Waals surface area (Å²) in [4.78, 5) is 66.6. The van der Waals surface area contributed by atoms with E-state index in [9.17, 15) is 32.2 Å². The third-order valence-electron chi connectivity index (χ3n) is 14.4. The van der Waals surface area contributed by atoms with Gasteiger partial charge in [0.1, 0.15) is 34.4 Å². The highest BCUT2D eigenvalue weighted by Gasteiger charge is 2.28. The van der Waals surface area contributed by atoms with Gasteiger partial charge in [-0.25, -0.2) is 23.7 Å². The second-order valence-electron chi connectivity index (χ2n) is 21.8. The molecule has 4 amide bonds. The van der Waals surface area contributed by atoms with Crippen molar-refractivity contribution in [3.8, 4) is 11.4 Å². The number of hydrogen-bond donors (Lipinski definition) is 7. The van der Waals surface area contributed by atoms with Crippen molar-refractivity contribution in [2.24, 2.45) is 0 Å². The van der Waals surface area contributed by atoms with Crippen molar-refractivity contribution in [2.45, 2.75) is 147 Å². The summed E-state index contributed by atoms with van der Waals surface area (Å²) in [6, 6.07) is 18.1. The Morgan fingerprint density at radius 3 is 1.73 bits per heavy atom. The minimum absolute atomic E-state index is 0.0133. The van der Waals surface area contributed by atoms with Gasteiger partial charge in [0.25, 0.3) is 23.6 Å². The number of ether oxygens (including phenoxy) is 1. The van der Waals surface area contributed by atoms with Crippen LogP contribution in [0.1, 0.15) is 147 Å². The van der Waals surface area contributed by atoms with Gasteiger partial charge in [-0.1, -0.05) is 49.2 Å². The molecule has 1 unspecified atom stereocenters. The molecule has 1 saturated carbocycles. The van der Waals surface area contributed by atoms with Crippen molar-refractivity contribution >= 4 is 85.2 Å². The smallest absolute Gasteiger partial charge is 0.271 e. The summed E-state index contributed by atoms with van der Waals surface area (Å²) in [5.74, 6) is 1.12. The first-order valence-electron chi connectivity index (χ1n) is 28.1. The number of halogens is 4. The second kappa shape index (κ2) is 29.5. The third kappa shape index (κ3) is 17.1. The Bertz CT molecular complexity index is 3500. The van der Waals surface area contributed by atoms with E-state index in [2.05, 4.69) is 105 Å². The summed E-state index contributed by atoms with van der Waals surface area (Å²) in [5.41, 5.74) is 2.57. The number of carbonyl (C=O) groups excluding carboxylic acids is 4. The lowest BCUT2D eigenvalue weighted by molar-refractivity contribution is -0.0159. The van der Waals surface area contributed by atoms with Gasteiger partial charge in [-0.05, 0) is 157 Å². The maximum atomic E-state index is 13.8. The number of anilines is 4. The van der Waals surface area contributed by atoms with Gasteiger partial charge in [0.2, 0.25) is 5.95 Å². The summed E-state index contributed by atoms with van der Waals surface area (Å²) in [7, 11) is -2.29. The van der Waals surface area contributed by atoms with Gasteiger partial charge < -0.3 is 40.8 Å². The Labute approximate surface area is 504 Å². The number of likely N-dealkylation sites (tertiary alicyclic amines) is 1. The van der Waals surface area contributed by atoms with Crippen LogP contribution < -0.4 is 26.6 Å². The average molecular weight is 1230 g/mol. The van der Waals surface area contributed by atoms with Crippen molar-refractivity contribution in [1.29, 1.82) is 0 Å². The molecule has 454 valence electrons. The zero-order chi connectivity index (χ0) is 61.7. The molecule has 2 fully saturated rings. The van der Waals surface area contributed by atoms with Crippen LogP contribution >= 0.6 is 23.2 Å². The van der Waals surface area contributed by atoms with Crippen molar-refractivity contribution in [3.63, 3.8) is 0 Å². The number of H-pyrrole nitrogens is 2. The zero-order valence-corrected chi connectivity index (χ0v) is 51.4. The quantitative estimate of drug-likeness (QED) is 0.0419. The first-order chi connectivity index (χ1) is 40.4. The Balaban J connectivity index is 0.000000183. The minimum atomic E-state index is -2.29. The molecule has 25 heteroatoms. The Kier molecular flexibility index (Phi) is 22.5. The number of aromatic amines is 2. The average Bonchev–Trinajstić information content (AvgIpc) is 4.35. The van der Waals surface area contributed by atoms with E-state index in [0.717, 1.165) is 91.5 Å². The van der Waals surface area contributed by atoms with Crippen molar-refractivity contribution in [1.82, 2.24) is 55.4 Å². The molecular formula is C60H74Cl2F2N14O6S. The van der Waals surface area contributed by atoms with Gasteiger partial charge in [-0.3, -0.25) is 33.6 Å². The number of rotatable bonds is 17. The molecule has 1 atom stereocenters. The lowest BCUT2D eigenvalue weighted by Gasteiger charge is -2.34. The first-order valence-corrected chi connectivity index (χ1v) is 30.6. The third-order valence-corrected chi connectivity index (χ3v) is 17.6. The molecule has 7 N–H and O–H groups in total. The molecule has 20 nitrogen and oxygen atoms in total. The predicted molar refractivity (Wildman–Crippen MR) is 330 cm³/mol. The molecule has 9 rings (SSSR count). The normalized spacial score (nSPS) is 16.2. The molecule has 1 saturated heterocycles. The van der Waals surface area contributed by atoms with Gasteiger partial charge in [0.05, 0.1) is 69.2 Å². The molecule has 0 bridgehead atoms. The van der Waals surface area contributed by atoms with E-state index in [-0.39, 0.29) is 79.9 Å². The highest BCUT2D eigenvalue weighted by atomic mass is 35.5. The van der Waals surface area contributed by atoms with Crippen molar-refractivity contribution in [2.75, 3.05) is 29.0 Å². The molecule has 3 aromatic carbocycles. The number of aromatic nitrogens is 8. The van der Waals surface area contributed by atoms with E-state index in [1.54, 1.807) is 24.4 Å². The first kappa shape index (κ1) is 65.0. The summed E-state index contributed by atoms with van der Waals surface area (Å²) in [5, 5.41) is 27.4. The number of aryl methyl sites for hydroxylation is 1. The van der Waals surface area contributed by atoms with E-state index in [0.29, 0.717) is 12.0 Å². The predicted octanol–water partition coefficient (Wildman–Crippen LogP) is 11.4. The number of hydrogen-bond acceptors (Lipinski definition) is 13. The van der Waals surface area contributed by atoms with Crippen LogP contribution in [-0.4, -0.2) is 127 Å². The second-order valence-corrected chi connectivity index (χ2v) is 25.5. The molecule has 1 aliphatic carbocycles. The molecule has 1 aliphatic heterocycles. The number of amides is 4. The monoisotopic (exact) mass is 1230 g/mol. The number of benzene rings is 3. The molecule has 5 heterocycles. The van der Waals surface area contributed by atoms with Crippen LogP contribution in [0.4, 0.5) is 31.8 Å². The number of imidazole rings is 1. The standard InChI is InChI=1S/C21H27N5OS.C20H24F2N4O3.C19H23Cl2N5O2/c1-14(2)26-16(5)23-13-20(26)19-11-12-22-21(25-19)24-17-7-9-18(10-8-17)28(6,27)15(3)4;1-11(2)29-13-8-6-12(7-9-13)24-20(28)18-16(10-23-26-18)25-19(27)17-14(21)4-3-5-15(17)22;1-11(2)26-8-6-12(7-9-26)23-19(28)17-15(10-22-25-17)24-18(27)16-13(20)4-3-5-14(16)21/h7-15H,6H2,1-5H3,(H,22,24,25);3-5,10-13H,6-9H2,1-2H3,(H,23,26)(H,24,28)(H,25,27);3-5,10-12H,6-9H2,1-2H3,(H,22,25)(H,23,28)(H,24,27). The number of piperidine rings is 1. The molecule has 7 aromatic rings. The molecule has 85 heavy (non-hydrogen) atoms. The summed E-state index contributed by atoms with van der Waals surface area (Å²) in [6.45, 7) is 20.3. The zero-order valence-electron chi connectivity index (χ0n) is 49.1. The van der Waals surface area contributed by atoms with Crippen LogP contribution in [0.2, 0.25) is 10.0 Å². The van der Waals surface area contributed by atoms with Crippen LogP contribution in [-0.2, 0) is 14.3 Å². The largest absolute Gasteiger partial charge is 0.376 e. The van der Waals surface area contributed by atoms with Crippen molar-refractivity contribution in [3.05, 3.63) is 142 Å². The van der Waals surface area contributed by atoms with E-state index in [4.69, 9.17) is 27.9 Å². The maximum Gasteiger partial charge on any atom is 0.271 e. The molecule has 0 spiro atoms.